The molecular formula is C10H9ClN3O. The summed E-state index contributed by atoms with van der Waals surface area (Å²) in [6, 6.07) is 7.39. The molecule has 0 bridgehead atoms. The lowest BCUT2D eigenvalue weighted by Crippen LogP contribution is -2.23. The van der Waals surface area contributed by atoms with E-state index in [4.69, 9.17) is 16.3 Å². The van der Waals surface area contributed by atoms with Crippen LogP contribution >= 0.6 is 11.6 Å². The second kappa shape index (κ2) is 4.42. The summed E-state index contributed by atoms with van der Waals surface area (Å²) in [7, 11) is 1.59. The van der Waals surface area contributed by atoms with Gasteiger partial charge in [-0.3, -0.25) is 0 Å². The number of ether oxygens (including phenoxy) is 1. The fourth-order valence-electron chi connectivity index (χ4n) is 1.22. The SMILES string of the molecule is COCC1=NN=C(c2ccccc2Cl)[N]1. The van der Waals surface area contributed by atoms with Crippen LogP contribution in [0, 0.1) is 0 Å². The number of hydrogen-bond acceptors (Lipinski definition) is 3. The van der Waals surface area contributed by atoms with Crippen molar-refractivity contribution >= 4 is 23.3 Å². The van der Waals surface area contributed by atoms with Crippen LogP contribution in [0.15, 0.2) is 34.5 Å². The predicted octanol–water partition coefficient (Wildman–Crippen LogP) is 1.66. The van der Waals surface area contributed by atoms with Crippen molar-refractivity contribution in [2.45, 2.75) is 0 Å². The van der Waals surface area contributed by atoms with Crippen LogP contribution in [0.2, 0.25) is 5.02 Å². The standard InChI is InChI=1S/C10H9ClN3O/c1-15-6-9-12-10(14-13-9)7-4-2-3-5-8(7)11/h2-5H,6H2,1H3. The maximum Gasteiger partial charge on any atom is 0.185 e. The molecule has 1 aromatic rings. The van der Waals surface area contributed by atoms with E-state index in [0.717, 1.165) is 5.56 Å². The topological polar surface area (TPSA) is 48.1 Å². The predicted molar refractivity (Wildman–Crippen MR) is 59.4 cm³/mol. The molecule has 15 heavy (non-hydrogen) atoms. The average Bonchev–Trinajstić information content (AvgIpc) is 2.68. The molecule has 1 aromatic carbocycles. The summed E-state index contributed by atoms with van der Waals surface area (Å²) < 4.78 is 4.91. The van der Waals surface area contributed by atoms with E-state index in [1.54, 1.807) is 13.2 Å². The van der Waals surface area contributed by atoms with E-state index >= 15 is 0 Å². The quantitative estimate of drug-likeness (QED) is 0.767. The van der Waals surface area contributed by atoms with E-state index in [0.29, 0.717) is 23.3 Å². The first-order valence-electron chi connectivity index (χ1n) is 4.41. The van der Waals surface area contributed by atoms with Crippen LogP contribution in [0.1, 0.15) is 5.56 Å². The van der Waals surface area contributed by atoms with Gasteiger partial charge in [0.2, 0.25) is 0 Å². The molecule has 0 atom stereocenters. The third-order valence-electron chi connectivity index (χ3n) is 1.88. The summed E-state index contributed by atoms with van der Waals surface area (Å²) in [4.78, 5) is 0. The minimum Gasteiger partial charge on any atom is -0.377 e. The normalized spacial score (nSPS) is 14.5. The summed E-state index contributed by atoms with van der Waals surface area (Å²) in [6.07, 6.45) is 0. The van der Waals surface area contributed by atoms with E-state index in [9.17, 15) is 0 Å². The zero-order valence-corrected chi connectivity index (χ0v) is 8.90. The van der Waals surface area contributed by atoms with Crippen LogP contribution < -0.4 is 5.32 Å². The molecule has 0 fully saturated rings. The second-order valence-electron chi connectivity index (χ2n) is 2.96. The van der Waals surface area contributed by atoms with Gasteiger partial charge in [0.15, 0.2) is 11.7 Å². The summed E-state index contributed by atoms with van der Waals surface area (Å²) in [5, 5.41) is 12.6. The minimum absolute atomic E-state index is 0.359. The molecular weight excluding hydrogens is 214 g/mol. The zero-order chi connectivity index (χ0) is 10.7. The highest BCUT2D eigenvalue weighted by Crippen LogP contribution is 2.17. The maximum absolute atomic E-state index is 6.01. The van der Waals surface area contributed by atoms with Crippen molar-refractivity contribution in [2.24, 2.45) is 10.2 Å². The van der Waals surface area contributed by atoms with Crippen LogP contribution in [0.5, 0.6) is 0 Å². The highest BCUT2D eigenvalue weighted by molar-refractivity contribution is 6.34. The Balaban J connectivity index is 2.14. The number of rotatable bonds is 3. The van der Waals surface area contributed by atoms with Crippen molar-refractivity contribution in [2.75, 3.05) is 13.7 Å². The first-order valence-corrected chi connectivity index (χ1v) is 4.79. The van der Waals surface area contributed by atoms with E-state index in [2.05, 4.69) is 15.5 Å². The second-order valence-corrected chi connectivity index (χ2v) is 3.37. The fourth-order valence-corrected chi connectivity index (χ4v) is 1.44. The molecule has 0 amide bonds. The Morgan fingerprint density at radius 3 is 2.80 bits per heavy atom. The molecule has 0 saturated heterocycles. The van der Waals surface area contributed by atoms with Crippen molar-refractivity contribution in [3.8, 4) is 0 Å². The molecule has 0 aliphatic carbocycles. The smallest absolute Gasteiger partial charge is 0.185 e. The number of hydrogen-bond donors (Lipinski definition) is 0. The molecule has 4 nitrogen and oxygen atoms in total. The largest absolute Gasteiger partial charge is 0.377 e. The Morgan fingerprint density at radius 2 is 2.07 bits per heavy atom. The van der Waals surface area contributed by atoms with Gasteiger partial charge in [0.1, 0.15) is 6.61 Å². The monoisotopic (exact) mass is 222 g/mol. The molecule has 0 unspecified atom stereocenters. The Morgan fingerprint density at radius 1 is 1.27 bits per heavy atom. The third-order valence-corrected chi connectivity index (χ3v) is 2.21. The Bertz CT molecular complexity index is 428. The Labute approximate surface area is 92.6 Å². The van der Waals surface area contributed by atoms with Gasteiger partial charge in [-0.2, -0.15) is 0 Å². The molecule has 0 spiro atoms. The van der Waals surface area contributed by atoms with Crippen LogP contribution in [0.3, 0.4) is 0 Å². The zero-order valence-electron chi connectivity index (χ0n) is 8.14. The van der Waals surface area contributed by atoms with Gasteiger partial charge in [0, 0.05) is 12.7 Å². The minimum atomic E-state index is 0.359. The summed E-state index contributed by atoms with van der Waals surface area (Å²) in [5.41, 5.74) is 0.786. The lowest BCUT2D eigenvalue weighted by molar-refractivity contribution is 0.243. The van der Waals surface area contributed by atoms with Crippen molar-refractivity contribution in [3.63, 3.8) is 0 Å². The highest BCUT2D eigenvalue weighted by Gasteiger charge is 2.17. The fraction of sp³-hybridized carbons (Fsp3) is 0.200. The molecule has 0 aromatic heterocycles. The van der Waals surface area contributed by atoms with Gasteiger partial charge in [-0.05, 0) is 12.1 Å². The van der Waals surface area contributed by atoms with Crippen molar-refractivity contribution in [1.29, 1.82) is 0 Å². The van der Waals surface area contributed by atoms with Crippen LogP contribution in [-0.2, 0) is 4.74 Å². The number of methoxy groups -OCH3 is 1. The van der Waals surface area contributed by atoms with Gasteiger partial charge in [-0.25, -0.2) is 5.32 Å². The molecule has 0 N–H and O–H groups in total. The lowest BCUT2D eigenvalue weighted by atomic mass is 10.2. The van der Waals surface area contributed by atoms with E-state index in [1.807, 2.05) is 18.2 Å². The summed E-state index contributed by atoms with van der Waals surface area (Å²) >= 11 is 6.01. The van der Waals surface area contributed by atoms with Gasteiger partial charge < -0.3 is 4.74 Å². The molecule has 1 radical (unpaired) electrons. The molecule has 1 aliphatic heterocycles. The van der Waals surface area contributed by atoms with Gasteiger partial charge >= 0.3 is 0 Å². The number of nitrogens with zero attached hydrogens (tertiary/aromatic N) is 3. The molecule has 5 heteroatoms. The third kappa shape index (κ3) is 2.16. The van der Waals surface area contributed by atoms with Crippen LogP contribution in [-0.4, -0.2) is 25.4 Å². The Kier molecular flexibility index (Phi) is 2.99. The van der Waals surface area contributed by atoms with Gasteiger partial charge in [0.25, 0.3) is 0 Å². The lowest BCUT2D eigenvalue weighted by Gasteiger charge is -2.02. The van der Waals surface area contributed by atoms with Crippen molar-refractivity contribution < 1.29 is 4.74 Å². The van der Waals surface area contributed by atoms with Gasteiger partial charge in [-0.1, -0.05) is 23.7 Å². The highest BCUT2D eigenvalue weighted by atomic mass is 35.5. The number of halogens is 1. The van der Waals surface area contributed by atoms with Crippen LogP contribution in [0.25, 0.3) is 0 Å². The average molecular weight is 223 g/mol. The summed E-state index contributed by atoms with van der Waals surface area (Å²) in [5.74, 6) is 1.10. The van der Waals surface area contributed by atoms with Gasteiger partial charge in [0.05, 0.1) is 5.02 Å². The first-order chi connectivity index (χ1) is 7.31. The van der Waals surface area contributed by atoms with Crippen LogP contribution in [0.4, 0.5) is 0 Å². The van der Waals surface area contributed by atoms with E-state index in [1.165, 1.54) is 0 Å². The molecule has 1 heterocycles. The molecule has 0 saturated carbocycles. The molecule has 1 aliphatic rings. The first kappa shape index (κ1) is 10.1. The van der Waals surface area contributed by atoms with Crippen molar-refractivity contribution in [1.82, 2.24) is 5.32 Å². The van der Waals surface area contributed by atoms with E-state index in [-0.39, 0.29) is 0 Å². The van der Waals surface area contributed by atoms with E-state index < -0.39 is 0 Å². The Hall–Kier alpha value is -1.39. The molecule has 77 valence electrons. The number of amidine groups is 2. The van der Waals surface area contributed by atoms with Gasteiger partial charge in [-0.15, -0.1) is 10.2 Å². The number of benzene rings is 1. The summed E-state index contributed by atoms with van der Waals surface area (Å²) in [6.45, 7) is 0.359. The van der Waals surface area contributed by atoms with Crippen molar-refractivity contribution in [3.05, 3.63) is 34.9 Å². The molecule has 2 rings (SSSR count). The maximum atomic E-state index is 6.01.